The summed E-state index contributed by atoms with van der Waals surface area (Å²) in [5.41, 5.74) is 2.64. The van der Waals surface area contributed by atoms with Gasteiger partial charge in [-0.2, -0.15) is 0 Å². The number of carbonyl (C=O) groups is 1. The van der Waals surface area contributed by atoms with E-state index >= 15 is 0 Å². The number of aromatic nitrogens is 3. The van der Waals surface area contributed by atoms with Gasteiger partial charge in [0.05, 0.1) is 5.69 Å². The Morgan fingerprint density at radius 2 is 2.18 bits per heavy atom. The lowest BCUT2D eigenvalue weighted by Crippen LogP contribution is -2.30. The van der Waals surface area contributed by atoms with Crippen LogP contribution >= 0.6 is 11.3 Å². The maximum Gasteiger partial charge on any atom is 0.225 e. The Bertz CT molecular complexity index is 697. The zero-order valence-corrected chi connectivity index (χ0v) is 13.7. The monoisotopic (exact) mass is 318 g/mol. The summed E-state index contributed by atoms with van der Waals surface area (Å²) in [5, 5.41) is 2.68. The van der Waals surface area contributed by atoms with Crippen molar-refractivity contribution in [1.29, 1.82) is 0 Å². The molecular weight excluding hydrogens is 300 g/mol. The standard InChI is InChI=1S/C15H18N4O2S/c1-9-10(2)16-8-17-14(9)21-6-12-7-22-15(18-12)19(11(3)20)13-4-5-13/h7-8,13H,4-6H2,1-3H3. The molecule has 1 aliphatic carbocycles. The lowest BCUT2D eigenvalue weighted by molar-refractivity contribution is -0.116. The lowest BCUT2D eigenvalue weighted by Gasteiger charge is -2.16. The Morgan fingerprint density at radius 3 is 2.86 bits per heavy atom. The summed E-state index contributed by atoms with van der Waals surface area (Å²) in [6.45, 7) is 5.78. The molecule has 3 rings (SSSR count). The van der Waals surface area contributed by atoms with Crippen LogP contribution in [0.2, 0.25) is 0 Å². The van der Waals surface area contributed by atoms with Crippen molar-refractivity contribution in [2.45, 2.75) is 46.3 Å². The van der Waals surface area contributed by atoms with E-state index in [4.69, 9.17) is 4.74 Å². The van der Waals surface area contributed by atoms with Gasteiger partial charge in [-0.25, -0.2) is 15.0 Å². The largest absolute Gasteiger partial charge is 0.471 e. The van der Waals surface area contributed by atoms with Crippen molar-refractivity contribution in [3.8, 4) is 5.88 Å². The van der Waals surface area contributed by atoms with Crippen LogP contribution in [0.25, 0.3) is 0 Å². The molecule has 2 aromatic heterocycles. The Hall–Kier alpha value is -2.02. The first-order valence-electron chi connectivity index (χ1n) is 7.21. The number of hydrogen-bond acceptors (Lipinski definition) is 6. The lowest BCUT2D eigenvalue weighted by atomic mass is 10.3. The van der Waals surface area contributed by atoms with Gasteiger partial charge >= 0.3 is 0 Å². The molecule has 116 valence electrons. The molecule has 0 N–H and O–H groups in total. The van der Waals surface area contributed by atoms with Crippen LogP contribution in [-0.2, 0) is 11.4 Å². The van der Waals surface area contributed by atoms with Crippen molar-refractivity contribution >= 4 is 22.4 Å². The highest BCUT2D eigenvalue weighted by Gasteiger charge is 2.33. The number of aryl methyl sites for hydroxylation is 1. The van der Waals surface area contributed by atoms with Gasteiger partial charge in [0.15, 0.2) is 5.13 Å². The van der Waals surface area contributed by atoms with Gasteiger partial charge in [-0.15, -0.1) is 11.3 Å². The maximum absolute atomic E-state index is 11.7. The minimum absolute atomic E-state index is 0.0478. The van der Waals surface area contributed by atoms with E-state index < -0.39 is 0 Å². The highest BCUT2D eigenvalue weighted by molar-refractivity contribution is 7.14. The Morgan fingerprint density at radius 1 is 1.41 bits per heavy atom. The van der Waals surface area contributed by atoms with Gasteiger partial charge in [-0.1, -0.05) is 0 Å². The molecule has 0 radical (unpaired) electrons. The fourth-order valence-corrected chi connectivity index (χ4v) is 3.08. The highest BCUT2D eigenvalue weighted by atomic mass is 32.1. The second kappa shape index (κ2) is 6.00. The molecule has 1 aliphatic rings. The van der Waals surface area contributed by atoms with Crippen LogP contribution in [0, 0.1) is 13.8 Å². The van der Waals surface area contributed by atoms with Gasteiger partial charge in [0.25, 0.3) is 0 Å². The van der Waals surface area contributed by atoms with E-state index in [0.717, 1.165) is 34.9 Å². The SMILES string of the molecule is CC(=O)N(c1nc(COc2ncnc(C)c2C)cs1)C1CC1. The van der Waals surface area contributed by atoms with Crippen molar-refractivity contribution in [2.24, 2.45) is 0 Å². The van der Waals surface area contributed by atoms with E-state index in [1.807, 2.05) is 19.2 Å². The summed E-state index contributed by atoms with van der Waals surface area (Å²) in [6, 6.07) is 0.323. The summed E-state index contributed by atoms with van der Waals surface area (Å²) in [7, 11) is 0. The highest BCUT2D eigenvalue weighted by Crippen LogP contribution is 2.33. The summed E-state index contributed by atoms with van der Waals surface area (Å²) < 4.78 is 5.72. The zero-order valence-electron chi connectivity index (χ0n) is 12.9. The van der Waals surface area contributed by atoms with Gasteiger partial charge in [0.1, 0.15) is 12.9 Å². The van der Waals surface area contributed by atoms with Crippen LogP contribution in [-0.4, -0.2) is 26.9 Å². The van der Waals surface area contributed by atoms with Crippen LogP contribution in [0.4, 0.5) is 5.13 Å². The maximum atomic E-state index is 11.7. The quantitative estimate of drug-likeness (QED) is 0.848. The predicted octanol–water partition coefficient (Wildman–Crippen LogP) is 2.64. The minimum Gasteiger partial charge on any atom is -0.471 e. The molecule has 22 heavy (non-hydrogen) atoms. The van der Waals surface area contributed by atoms with Gasteiger partial charge in [0.2, 0.25) is 11.8 Å². The van der Waals surface area contributed by atoms with Crippen molar-refractivity contribution in [2.75, 3.05) is 4.90 Å². The first kappa shape index (κ1) is 14.9. The van der Waals surface area contributed by atoms with Gasteiger partial charge in [-0.05, 0) is 26.7 Å². The Kier molecular flexibility index (Phi) is 4.06. The molecule has 1 amide bonds. The number of thiazole rings is 1. The minimum atomic E-state index is 0.0478. The molecule has 2 heterocycles. The number of hydrogen-bond donors (Lipinski definition) is 0. The molecule has 1 fully saturated rings. The average Bonchev–Trinajstić information content (AvgIpc) is 3.19. The summed E-state index contributed by atoms with van der Waals surface area (Å²) in [6.07, 6.45) is 3.61. The third-order valence-corrected chi connectivity index (χ3v) is 4.53. The third-order valence-electron chi connectivity index (χ3n) is 3.64. The molecule has 0 unspecified atom stereocenters. The van der Waals surface area contributed by atoms with Crippen LogP contribution in [0.3, 0.4) is 0 Å². The molecule has 0 bridgehead atoms. The molecule has 0 aromatic carbocycles. The Labute approximate surface area is 133 Å². The molecule has 2 aromatic rings. The molecule has 0 aliphatic heterocycles. The smallest absolute Gasteiger partial charge is 0.225 e. The molecule has 7 heteroatoms. The summed E-state index contributed by atoms with van der Waals surface area (Å²) in [5.74, 6) is 0.624. The van der Waals surface area contributed by atoms with E-state index in [0.29, 0.717) is 18.5 Å². The van der Waals surface area contributed by atoms with Crippen molar-refractivity contribution < 1.29 is 9.53 Å². The summed E-state index contributed by atoms with van der Waals surface area (Å²) in [4.78, 5) is 26.3. The first-order chi connectivity index (χ1) is 10.6. The fraction of sp³-hybridized carbons (Fsp3) is 0.467. The van der Waals surface area contributed by atoms with E-state index in [1.54, 1.807) is 11.8 Å². The topological polar surface area (TPSA) is 68.2 Å². The average molecular weight is 318 g/mol. The van der Waals surface area contributed by atoms with Gasteiger partial charge < -0.3 is 4.74 Å². The Balaban J connectivity index is 1.69. The van der Waals surface area contributed by atoms with Crippen molar-refractivity contribution in [3.63, 3.8) is 0 Å². The molecule has 0 spiro atoms. The number of ether oxygens (including phenoxy) is 1. The van der Waals surface area contributed by atoms with Crippen LogP contribution in [0.5, 0.6) is 5.88 Å². The van der Waals surface area contributed by atoms with Crippen LogP contribution in [0.15, 0.2) is 11.7 Å². The van der Waals surface area contributed by atoms with Crippen molar-refractivity contribution in [3.05, 3.63) is 28.7 Å². The summed E-state index contributed by atoms with van der Waals surface area (Å²) >= 11 is 1.48. The second-order valence-corrected chi connectivity index (χ2v) is 6.26. The van der Waals surface area contributed by atoms with Crippen LogP contribution in [0.1, 0.15) is 36.7 Å². The van der Waals surface area contributed by atoms with E-state index in [9.17, 15) is 4.79 Å². The predicted molar refractivity (Wildman–Crippen MR) is 84.1 cm³/mol. The number of nitrogens with zero attached hydrogens (tertiary/aromatic N) is 4. The zero-order chi connectivity index (χ0) is 15.7. The number of rotatable bonds is 5. The molecule has 1 saturated carbocycles. The molecule has 0 saturated heterocycles. The van der Waals surface area contributed by atoms with Gasteiger partial charge in [0, 0.05) is 29.6 Å². The molecule has 6 nitrogen and oxygen atoms in total. The fourth-order valence-electron chi connectivity index (χ4n) is 2.16. The van der Waals surface area contributed by atoms with E-state index in [1.165, 1.54) is 17.7 Å². The van der Waals surface area contributed by atoms with Gasteiger partial charge in [-0.3, -0.25) is 9.69 Å². The van der Waals surface area contributed by atoms with Crippen LogP contribution < -0.4 is 9.64 Å². The first-order valence-corrected chi connectivity index (χ1v) is 8.09. The molecular formula is C15H18N4O2S. The van der Waals surface area contributed by atoms with E-state index in [2.05, 4.69) is 15.0 Å². The second-order valence-electron chi connectivity index (χ2n) is 5.42. The number of amides is 1. The molecule has 0 atom stereocenters. The number of carbonyl (C=O) groups excluding carboxylic acids is 1. The normalized spacial score (nSPS) is 14.0. The number of anilines is 1. The van der Waals surface area contributed by atoms with E-state index in [-0.39, 0.29) is 5.91 Å². The third kappa shape index (κ3) is 3.09. The van der Waals surface area contributed by atoms with Crippen molar-refractivity contribution in [1.82, 2.24) is 15.0 Å².